The molecule has 4 heteroatoms. The fourth-order valence-corrected chi connectivity index (χ4v) is 4.45. The fourth-order valence-electron chi connectivity index (χ4n) is 4.45. The number of rotatable bonds is 3. The van der Waals surface area contributed by atoms with Crippen LogP contribution in [-0.2, 0) is 9.59 Å². The van der Waals surface area contributed by atoms with Gasteiger partial charge in [-0.2, -0.15) is 0 Å². The number of piperazine rings is 1. The summed E-state index contributed by atoms with van der Waals surface area (Å²) in [5, 5.41) is 2.97. The standard InChI is InChI=1S/C17H28N2O2/c1-12-6-5-9-14(12)10-19-11-15(20)18-16(17(19)21)13-7-3-2-4-8-13/h12-14,16H,2-11H2,1H3,(H,18,20). The molecule has 0 spiro atoms. The van der Waals surface area contributed by atoms with Crippen LogP contribution in [0.1, 0.15) is 58.3 Å². The molecular weight excluding hydrogens is 264 g/mol. The maximum absolute atomic E-state index is 12.8. The SMILES string of the molecule is CC1CCCC1CN1CC(=O)NC(C2CCCCC2)C1=O. The van der Waals surface area contributed by atoms with Gasteiger partial charge in [0, 0.05) is 6.54 Å². The Balaban J connectivity index is 1.66. The maximum Gasteiger partial charge on any atom is 0.245 e. The monoisotopic (exact) mass is 292 g/mol. The van der Waals surface area contributed by atoms with Gasteiger partial charge in [0.25, 0.3) is 0 Å². The van der Waals surface area contributed by atoms with Crippen molar-refractivity contribution in [1.29, 1.82) is 0 Å². The predicted octanol–water partition coefficient (Wildman–Crippen LogP) is 2.33. The van der Waals surface area contributed by atoms with Crippen LogP contribution < -0.4 is 5.32 Å². The number of nitrogens with one attached hydrogen (secondary N) is 1. The van der Waals surface area contributed by atoms with Crippen LogP contribution in [0.5, 0.6) is 0 Å². The van der Waals surface area contributed by atoms with Gasteiger partial charge in [-0.05, 0) is 37.0 Å². The van der Waals surface area contributed by atoms with Crippen LogP contribution in [0.15, 0.2) is 0 Å². The summed E-state index contributed by atoms with van der Waals surface area (Å²) in [4.78, 5) is 26.7. The third kappa shape index (κ3) is 3.24. The van der Waals surface area contributed by atoms with E-state index < -0.39 is 0 Å². The van der Waals surface area contributed by atoms with E-state index in [9.17, 15) is 9.59 Å². The highest BCUT2D eigenvalue weighted by molar-refractivity contribution is 5.95. The van der Waals surface area contributed by atoms with E-state index in [0.29, 0.717) is 17.8 Å². The molecule has 2 aliphatic carbocycles. The van der Waals surface area contributed by atoms with E-state index in [0.717, 1.165) is 19.4 Å². The average Bonchev–Trinajstić information content (AvgIpc) is 2.89. The summed E-state index contributed by atoms with van der Waals surface area (Å²) in [5.41, 5.74) is 0. The third-order valence-electron chi connectivity index (χ3n) is 5.84. The molecule has 3 fully saturated rings. The molecule has 118 valence electrons. The van der Waals surface area contributed by atoms with E-state index in [1.807, 2.05) is 4.90 Å². The summed E-state index contributed by atoms with van der Waals surface area (Å²) in [6.45, 7) is 3.34. The third-order valence-corrected chi connectivity index (χ3v) is 5.84. The van der Waals surface area contributed by atoms with Gasteiger partial charge in [-0.25, -0.2) is 0 Å². The Labute approximate surface area is 127 Å². The van der Waals surface area contributed by atoms with Gasteiger partial charge in [0.1, 0.15) is 6.04 Å². The second-order valence-electron chi connectivity index (χ2n) is 7.33. The lowest BCUT2D eigenvalue weighted by Gasteiger charge is -2.39. The summed E-state index contributed by atoms with van der Waals surface area (Å²) in [7, 11) is 0. The fraction of sp³-hybridized carbons (Fsp3) is 0.882. The first-order valence-corrected chi connectivity index (χ1v) is 8.73. The molecule has 3 unspecified atom stereocenters. The first-order valence-electron chi connectivity index (χ1n) is 8.73. The van der Waals surface area contributed by atoms with Crippen molar-refractivity contribution in [2.24, 2.45) is 17.8 Å². The van der Waals surface area contributed by atoms with E-state index in [1.54, 1.807) is 0 Å². The molecule has 0 aromatic heterocycles. The van der Waals surface area contributed by atoms with Gasteiger partial charge < -0.3 is 10.2 Å². The first-order chi connectivity index (χ1) is 10.1. The van der Waals surface area contributed by atoms with Crippen molar-refractivity contribution < 1.29 is 9.59 Å². The molecule has 0 bridgehead atoms. The molecule has 2 saturated carbocycles. The van der Waals surface area contributed by atoms with E-state index in [1.165, 1.54) is 38.5 Å². The summed E-state index contributed by atoms with van der Waals surface area (Å²) >= 11 is 0. The highest BCUT2D eigenvalue weighted by Gasteiger charge is 2.39. The zero-order valence-electron chi connectivity index (χ0n) is 13.1. The van der Waals surface area contributed by atoms with Crippen LogP contribution >= 0.6 is 0 Å². The minimum Gasteiger partial charge on any atom is -0.342 e. The zero-order chi connectivity index (χ0) is 14.8. The molecule has 3 rings (SSSR count). The molecule has 3 aliphatic rings. The Morgan fingerprint density at radius 2 is 1.81 bits per heavy atom. The van der Waals surface area contributed by atoms with Gasteiger partial charge >= 0.3 is 0 Å². The van der Waals surface area contributed by atoms with E-state index in [-0.39, 0.29) is 24.4 Å². The number of amides is 2. The van der Waals surface area contributed by atoms with Crippen molar-refractivity contribution in [3.05, 3.63) is 0 Å². The van der Waals surface area contributed by atoms with Crippen molar-refractivity contribution in [2.75, 3.05) is 13.1 Å². The molecule has 1 saturated heterocycles. The quantitative estimate of drug-likeness (QED) is 0.868. The lowest BCUT2D eigenvalue weighted by Crippen LogP contribution is -2.61. The number of hydrogen-bond donors (Lipinski definition) is 1. The smallest absolute Gasteiger partial charge is 0.245 e. The van der Waals surface area contributed by atoms with Crippen LogP contribution in [0, 0.1) is 17.8 Å². The number of hydrogen-bond acceptors (Lipinski definition) is 2. The van der Waals surface area contributed by atoms with Gasteiger partial charge in [-0.15, -0.1) is 0 Å². The molecule has 0 radical (unpaired) electrons. The maximum atomic E-state index is 12.8. The van der Waals surface area contributed by atoms with Gasteiger partial charge in [-0.3, -0.25) is 9.59 Å². The molecule has 4 nitrogen and oxygen atoms in total. The second-order valence-corrected chi connectivity index (χ2v) is 7.33. The number of carbonyl (C=O) groups is 2. The van der Waals surface area contributed by atoms with Crippen LogP contribution in [0.4, 0.5) is 0 Å². The molecule has 2 amide bonds. The molecule has 1 N–H and O–H groups in total. The van der Waals surface area contributed by atoms with E-state index in [4.69, 9.17) is 0 Å². The Morgan fingerprint density at radius 3 is 2.48 bits per heavy atom. The Hall–Kier alpha value is -1.06. The van der Waals surface area contributed by atoms with Crippen molar-refractivity contribution in [3.63, 3.8) is 0 Å². The van der Waals surface area contributed by atoms with Crippen molar-refractivity contribution in [3.8, 4) is 0 Å². The van der Waals surface area contributed by atoms with Gasteiger partial charge in [0.05, 0.1) is 6.54 Å². The van der Waals surface area contributed by atoms with Crippen molar-refractivity contribution in [1.82, 2.24) is 10.2 Å². The van der Waals surface area contributed by atoms with Crippen LogP contribution in [-0.4, -0.2) is 35.8 Å². The Bertz CT molecular complexity index is 404. The van der Waals surface area contributed by atoms with E-state index >= 15 is 0 Å². The van der Waals surface area contributed by atoms with Crippen LogP contribution in [0.2, 0.25) is 0 Å². The highest BCUT2D eigenvalue weighted by Crippen LogP contribution is 2.33. The average molecular weight is 292 g/mol. The summed E-state index contributed by atoms with van der Waals surface area (Å²) in [5.74, 6) is 1.86. The van der Waals surface area contributed by atoms with Crippen molar-refractivity contribution >= 4 is 11.8 Å². The Kier molecular flexibility index (Phi) is 4.51. The highest BCUT2D eigenvalue weighted by atomic mass is 16.2. The van der Waals surface area contributed by atoms with E-state index in [2.05, 4.69) is 12.2 Å². The normalized spacial score (nSPS) is 35.1. The minimum atomic E-state index is -0.247. The molecule has 0 aromatic rings. The first kappa shape index (κ1) is 14.9. The molecule has 0 aromatic carbocycles. The topological polar surface area (TPSA) is 49.4 Å². The lowest BCUT2D eigenvalue weighted by atomic mass is 9.82. The second kappa shape index (κ2) is 6.37. The van der Waals surface area contributed by atoms with Gasteiger partial charge in [-0.1, -0.05) is 39.0 Å². The minimum absolute atomic E-state index is 0.0378. The largest absolute Gasteiger partial charge is 0.342 e. The lowest BCUT2D eigenvalue weighted by molar-refractivity contribution is -0.147. The molecule has 3 atom stereocenters. The van der Waals surface area contributed by atoms with Gasteiger partial charge in [0.2, 0.25) is 11.8 Å². The van der Waals surface area contributed by atoms with Crippen molar-refractivity contribution in [2.45, 2.75) is 64.3 Å². The summed E-state index contributed by atoms with van der Waals surface area (Å²) in [6, 6.07) is -0.247. The number of carbonyl (C=O) groups excluding carboxylic acids is 2. The molecule has 21 heavy (non-hydrogen) atoms. The number of nitrogens with zero attached hydrogens (tertiary/aromatic N) is 1. The molecular formula is C17H28N2O2. The Morgan fingerprint density at radius 1 is 1.05 bits per heavy atom. The zero-order valence-corrected chi connectivity index (χ0v) is 13.1. The van der Waals surface area contributed by atoms with Crippen LogP contribution in [0.3, 0.4) is 0 Å². The summed E-state index contributed by atoms with van der Waals surface area (Å²) in [6.07, 6.45) is 9.59. The van der Waals surface area contributed by atoms with Crippen LogP contribution in [0.25, 0.3) is 0 Å². The molecule has 1 heterocycles. The predicted molar refractivity (Wildman–Crippen MR) is 81.6 cm³/mol. The van der Waals surface area contributed by atoms with Gasteiger partial charge in [0.15, 0.2) is 0 Å². The summed E-state index contributed by atoms with van der Waals surface area (Å²) < 4.78 is 0. The molecule has 1 aliphatic heterocycles.